The van der Waals surface area contributed by atoms with Gasteiger partial charge in [-0.3, -0.25) is 4.79 Å². The lowest BCUT2D eigenvalue weighted by Crippen LogP contribution is -2.51. The van der Waals surface area contributed by atoms with E-state index in [0.29, 0.717) is 30.4 Å². The zero-order valence-corrected chi connectivity index (χ0v) is 13.3. The van der Waals surface area contributed by atoms with Crippen molar-refractivity contribution in [3.8, 4) is 0 Å². The number of carbonyl (C=O) groups excluding carboxylic acids is 2. The molecule has 0 aliphatic carbocycles. The highest BCUT2D eigenvalue weighted by Gasteiger charge is 2.21. The molecule has 1 heterocycles. The summed E-state index contributed by atoms with van der Waals surface area (Å²) in [6, 6.07) is 7.15. The van der Waals surface area contributed by atoms with Gasteiger partial charge in [0.2, 0.25) is 0 Å². The number of amides is 3. The van der Waals surface area contributed by atoms with E-state index in [1.165, 1.54) is 0 Å². The second-order valence-corrected chi connectivity index (χ2v) is 5.94. The summed E-state index contributed by atoms with van der Waals surface area (Å²) in [5.41, 5.74) is 1.21. The fraction of sp³-hybridized carbons (Fsp3) is 0.500. The number of anilines is 1. The molecule has 22 heavy (non-hydrogen) atoms. The maximum absolute atomic E-state index is 12.5. The third-order valence-electron chi connectivity index (χ3n) is 3.44. The predicted molar refractivity (Wildman–Crippen MR) is 87.1 cm³/mol. The maximum Gasteiger partial charge on any atom is 0.319 e. The average Bonchev–Trinajstić information content (AvgIpc) is 2.45. The van der Waals surface area contributed by atoms with E-state index < -0.39 is 0 Å². The fourth-order valence-electron chi connectivity index (χ4n) is 2.46. The van der Waals surface area contributed by atoms with Crippen molar-refractivity contribution in [2.24, 2.45) is 0 Å². The summed E-state index contributed by atoms with van der Waals surface area (Å²) in [5, 5.41) is 8.82. The number of hydrogen-bond donors (Lipinski definition) is 3. The monoisotopic (exact) mass is 304 g/mol. The first-order chi connectivity index (χ1) is 10.5. The molecule has 3 amide bonds. The Morgan fingerprint density at radius 1 is 1.36 bits per heavy atom. The first-order valence-corrected chi connectivity index (χ1v) is 7.66. The summed E-state index contributed by atoms with van der Waals surface area (Å²) < 4.78 is 0. The molecule has 1 atom stereocenters. The number of nitrogens with zero attached hydrogens (tertiary/aromatic N) is 1. The molecule has 0 aromatic heterocycles. The van der Waals surface area contributed by atoms with Gasteiger partial charge < -0.3 is 20.9 Å². The van der Waals surface area contributed by atoms with Gasteiger partial charge in [0.25, 0.3) is 5.91 Å². The molecule has 0 radical (unpaired) electrons. The fourth-order valence-corrected chi connectivity index (χ4v) is 2.46. The van der Waals surface area contributed by atoms with Gasteiger partial charge in [-0.2, -0.15) is 0 Å². The molecule has 1 aromatic rings. The maximum atomic E-state index is 12.5. The molecule has 1 aliphatic heterocycles. The zero-order chi connectivity index (χ0) is 16.1. The van der Waals surface area contributed by atoms with Gasteiger partial charge >= 0.3 is 6.03 Å². The van der Waals surface area contributed by atoms with E-state index in [-0.39, 0.29) is 18.0 Å². The van der Waals surface area contributed by atoms with Crippen LogP contribution in [0.15, 0.2) is 24.3 Å². The lowest BCUT2D eigenvalue weighted by Gasteiger charge is -2.32. The third kappa shape index (κ3) is 4.46. The minimum atomic E-state index is -0.268. The number of urea groups is 1. The average molecular weight is 304 g/mol. The predicted octanol–water partition coefficient (Wildman–Crippen LogP) is 1.65. The molecule has 120 valence electrons. The summed E-state index contributed by atoms with van der Waals surface area (Å²) in [6.45, 7) is 8.06. The number of nitrogens with one attached hydrogen (secondary N) is 3. The Morgan fingerprint density at radius 3 is 2.82 bits per heavy atom. The van der Waals surface area contributed by atoms with Crippen LogP contribution < -0.4 is 16.0 Å². The van der Waals surface area contributed by atoms with E-state index in [1.54, 1.807) is 24.3 Å². The van der Waals surface area contributed by atoms with Crippen molar-refractivity contribution in [3.63, 3.8) is 0 Å². The largest absolute Gasteiger partial charge is 0.336 e. The number of rotatable bonds is 3. The number of benzene rings is 1. The molecule has 0 bridgehead atoms. The Kier molecular flexibility index (Phi) is 5.38. The van der Waals surface area contributed by atoms with Crippen molar-refractivity contribution < 1.29 is 9.59 Å². The van der Waals surface area contributed by atoms with Crippen LogP contribution in [0.25, 0.3) is 0 Å². The highest BCUT2D eigenvalue weighted by atomic mass is 16.2. The van der Waals surface area contributed by atoms with E-state index in [0.717, 1.165) is 6.54 Å². The second kappa shape index (κ2) is 7.26. The van der Waals surface area contributed by atoms with E-state index in [9.17, 15) is 9.59 Å². The molecule has 3 N–H and O–H groups in total. The SMILES string of the molecule is CC(C)NC(=O)Nc1cccc(C(=O)N2CCNC(C)C2)c1. The number of carbonyl (C=O) groups is 2. The lowest BCUT2D eigenvalue weighted by atomic mass is 10.1. The van der Waals surface area contributed by atoms with Crippen molar-refractivity contribution >= 4 is 17.6 Å². The molecule has 1 fully saturated rings. The smallest absolute Gasteiger partial charge is 0.319 e. The van der Waals surface area contributed by atoms with Crippen LogP contribution >= 0.6 is 0 Å². The van der Waals surface area contributed by atoms with E-state index in [2.05, 4.69) is 22.9 Å². The zero-order valence-electron chi connectivity index (χ0n) is 13.3. The minimum Gasteiger partial charge on any atom is -0.336 e. The molecule has 6 nitrogen and oxygen atoms in total. The van der Waals surface area contributed by atoms with Crippen LogP contribution in [0.2, 0.25) is 0 Å². The van der Waals surface area contributed by atoms with Gasteiger partial charge in [-0.1, -0.05) is 6.07 Å². The minimum absolute atomic E-state index is 0.00117. The van der Waals surface area contributed by atoms with Crippen molar-refractivity contribution in [1.29, 1.82) is 0 Å². The summed E-state index contributed by atoms with van der Waals surface area (Å²) in [7, 11) is 0. The third-order valence-corrected chi connectivity index (χ3v) is 3.44. The first kappa shape index (κ1) is 16.3. The Bertz CT molecular complexity index is 545. The lowest BCUT2D eigenvalue weighted by molar-refractivity contribution is 0.0709. The number of hydrogen-bond acceptors (Lipinski definition) is 3. The van der Waals surface area contributed by atoms with Gasteiger partial charge in [0.05, 0.1) is 0 Å². The standard InChI is InChI=1S/C16H24N4O2/c1-11(2)18-16(22)19-14-6-4-5-13(9-14)15(21)20-8-7-17-12(3)10-20/h4-6,9,11-12,17H,7-8,10H2,1-3H3,(H2,18,19,22). The molecule has 1 unspecified atom stereocenters. The quantitative estimate of drug-likeness (QED) is 0.795. The Balaban J connectivity index is 2.04. The summed E-state index contributed by atoms with van der Waals surface area (Å²) >= 11 is 0. The van der Waals surface area contributed by atoms with Crippen molar-refractivity contribution in [2.45, 2.75) is 32.9 Å². The molecule has 0 spiro atoms. The molecule has 2 rings (SSSR count). The Hall–Kier alpha value is -2.08. The van der Waals surface area contributed by atoms with Crippen molar-refractivity contribution in [2.75, 3.05) is 25.0 Å². The van der Waals surface area contributed by atoms with Crippen LogP contribution in [-0.2, 0) is 0 Å². The normalized spacial score (nSPS) is 18.2. The van der Waals surface area contributed by atoms with E-state index >= 15 is 0 Å². The van der Waals surface area contributed by atoms with Gasteiger partial charge in [-0.05, 0) is 39.0 Å². The van der Waals surface area contributed by atoms with Crippen LogP contribution in [-0.4, -0.2) is 48.6 Å². The molecule has 0 saturated carbocycles. The van der Waals surface area contributed by atoms with Crippen LogP contribution in [0.4, 0.5) is 10.5 Å². The molecular weight excluding hydrogens is 280 g/mol. The summed E-state index contributed by atoms with van der Waals surface area (Å²) in [5.74, 6) is 0.00117. The van der Waals surface area contributed by atoms with Crippen LogP contribution in [0.3, 0.4) is 0 Å². The Labute approximate surface area is 131 Å². The Morgan fingerprint density at radius 2 is 2.14 bits per heavy atom. The van der Waals surface area contributed by atoms with Gasteiger partial charge in [0.1, 0.15) is 0 Å². The van der Waals surface area contributed by atoms with Crippen LogP contribution in [0, 0.1) is 0 Å². The van der Waals surface area contributed by atoms with Crippen molar-refractivity contribution in [1.82, 2.24) is 15.5 Å². The first-order valence-electron chi connectivity index (χ1n) is 7.66. The van der Waals surface area contributed by atoms with Gasteiger partial charge in [0, 0.05) is 43.0 Å². The van der Waals surface area contributed by atoms with Crippen LogP contribution in [0.5, 0.6) is 0 Å². The van der Waals surface area contributed by atoms with Gasteiger partial charge in [-0.25, -0.2) is 4.79 Å². The highest BCUT2D eigenvalue weighted by molar-refractivity contribution is 5.97. The molecular formula is C16H24N4O2. The summed E-state index contributed by atoms with van der Waals surface area (Å²) in [4.78, 5) is 26.1. The molecule has 1 saturated heterocycles. The van der Waals surface area contributed by atoms with E-state index in [1.807, 2.05) is 18.7 Å². The van der Waals surface area contributed by atoms with Crippen LogP contribution in [0.1, 0.15) is 31.1 Å². The molecule has 6 heteroatoms. The van der Waals surface area contributed by atoms with Gasteiger partial charge in [0.15, 0.2) is 0 Å². The molecule has 1 aromatic carbocycles. The highest BCUT2D eigenvalue weighted by Crippen LogP contribution is 2.14. The number of piperazine rings is 1. The topological polar surface area (TPSA) is 73.5 Å². The van der Waals surface area contributed by atoms with Gasteiger partial charge in [-0.15, -0.1) is 0 Å². The van der Waals surface area contributed by atoms with Crippen molar-refractivity contribution in [3.05, 3.63) is 29.8 Å². The summed E-state index contributed by atoms with van der Waals surface area (Å²) in [6.07, 6.45) is 0. The second-order valence-electron chi connectivity index (χ2n) is 5.94. The van der Waals surface area contributed by atoms with E-state index in [4.69, 9.17) is 0 Å². The molecule has 1 aliphatic rings.